The van der Waals surface area contributed by atoms with E-state index in [1.54, 1.807) is 49.6 Å². The Morgan fingerprint density at radius 1 is 1.30 bits per heavy atom. The molecule has 2 rings (SSSR count). The van der Waals surface area contributed by atoms with Crippen molar-refractivity contribution >= 4 is 23.2 Å². The number of aromatic nitrogens is 1. The van der Waals surface area contributed by atoms with Gasteiger partial charge in [-0.25, -0.2) is 0 Å². The summed E-state index contributed by atoms with van der Waals surface area (Å²) in [6, 6.07) is 8.73. The van der Waals surface area contributed by atoms with Gasteiger partial charge in [-0.3, -0.25) is 9.78 Å². The van der Waals surface area contributed by atoms with Crippen LogP contribution in [0.4, 0.5) is 5.69 Å². The van der Waals surface area contributed by atoms with Crippen LogP contribution in [0.1, 0.15) is 12.5 Å². The maximum atomic E-state index is 12.0. The standard InChI is InChI=1S/C15H15ClN2O2/c1-10-9-12(16)3-4-14(10)20-11(2)15(19)18-13-5-7-17-8-6-13/h3-9,11H,1-2H3,(H,17,18,19). The number of pyridine rings is 1. The van der Waals surface area contributed by atoms with E-state index < -0.39 is 6.10 Å². The molecule has 1 unspecified atom stereocenters. The van der Waals surface area contributed by atoms with E-state index in [0.717, 1.165) is 5.56 Å². The Labute approximate surface area is 122 Å². The average molecular weight is 291 g/mol. The van der Waals surface area contributed by atoms with Crippen LogP contribution in [-0.2, 0) is 4.79 Å². The highest BCUT2D eigenvalue weighted by Gasteiger charge is 2.15. The number of anilines is 1. The normalized spacial score (nSPS) is 11.8. The van der Waals surface area contributed by atoms with E-state index in [1.807, 2.05) is 6.92 Å². The molecule has 0 bridgehead atoms. The van der Waals surface area contributed by atoms with Crippen LogP contribution in [0.25, 0.3) is 0 Å². The highest BCUT2D eigenvalue weighted by Crippen LogP contribution is 2.23. The molecule has 0 spiro atoms. The summed E-state index contributed by atoms with van der Waals surface area (Å²) in [7, 11) is 0. The number of benzene rings is 1. The highest BCUT2D eigenvalue weighted by molar-refractivity contribution is 6.30. The third kappa shape index (κ3) is 3.71. The van der Waals surface area contributed by atoms with E-state index in [1.165, 1.54) is 0 Å². The second kappa shape index (κ2) is 6.39. The largest absolute Gasteiger partial charge is 0.481 e. The fourth-order valence-corrected chi connectivity index (χ4v) is 1.89. The zero-order valence-corrected chi connectivity index (χ0v) is 12.0. The molecule has 20 heavy (non-hydrogen) atoms. The lowest BCUT2D eigenvalue weighted by atomic mass is 10.2. The van der Waals surface area contributed by atoms with Gasteiger partial charge >= 0.3 is 0 Å². The maximum absolute atomic E-state index is 12.0. The van der Waals surface area contributed by atoms with Gasteiger partial charge in [-0.05, 0) is 49.7 Å². The number of hydrogen-bond donors (Lipinski definition) is 1. The number of carbonyl (C=O) groups is 1. The van der Waals surface area contributed by atoms with Crippen LogP contribution in [0.5, 0.6) is 5.75 Å². The number of hydrogen-bond acceptors (Lipinski definition) is 3. The van der Waals surface area contributed by atoms with Crippen molar-refractivity contribution in [3.05, 3.63) is 53.3 Å². The predicted octanol–water partition coefficient (Wildman–Crippen LogP) is 3.45. The Morgan fingerprint density at radius 3 is 2.65 bits per heavy atom. The fourth-order valence-electron chi connectivity index (χ4n) is 1.67. The Balaban J connectivity index is 2.00. The van der Waals surface area contributed by atoms with Gasteiger partial charge in [0.1, 0.15) is 5.75 Å². The second-order valence-corrected chi connectivity index (χ2v) is 4.83. The molecule has 0 aliphatic heterocycles. The van der Waals surface area contributed by atoms with Crippen molar-refractivity contribution in [3.63, 3.8) is 0 Å². The number of halogens is 1. The van der Waals surface area contributed by atoms with Crippen molar-refractivity contribution in [2.24, 2.45) is 0 Å². The predicted molar refractivity (Wildman–Crippen MR) is 79.1 cm³/mol. The molecular formula is C15H15ClN2O2. The smallest absolute Gasteiger partial charge is 0.265 e. The molecule has 1 heterocycles. The van der Waals surface area contributed by atoms with E-state index in [9.17, 15) is 4.79 Å². The Hall–Kier alpha value is -2.07. The molecule has 0 aliphatic carbocycles. The molecule has 104 valence electrons. The van der Waals surface area contributed by atoms with Gasteiger partial charge < -0.3 is 10.1 Å². The first kappa shape index (κ1) is 14.3. The molecule has 1 aromatic carbocycles. The molecule has 5 heteroatoms. The molecule has 1 N–H and O–H groups in total. The molecule has 2 aromatic rings. The van der Waals surface area contributed by atoms with E-state index in [-0.39, 0.29) is 5.91 Å². The third-order valence-corrected chi connectivity index (χ3v) is 2.99. The van der Waals surface area contributed by atoms with Crippen LogP contribution in [-0.4, -0.2) is 17.0 Å². The van der Waals surface area contributed by atoms with Crippen LogP contribution in [0.3, 0.4) is 0 Å². The van der Waals surface area contributed by atoms with Crippen molar-refractivity contribution in [1.82, 2.24) is 4.98 Å². The number of carbonyl (C=O) groups excluding carboxylic acids is 1. The molecule has 1 aromatic heterocycles. The monoisotopic (exact) mass is 290 g/mol. The molecule has 0 radical (unpaired) electrons. The molecule has 0 fully saturated rings. The van der Waals surface area contributed by atoms with Crippen LogP contribution in [0.2, 0.25) is 5.02 Å². The minimum absolute atomic E-state index is 0.217. The quantitative estimate of drug-likeness (QED) is 0.938. The average Bonchev–Trinajstić information content (AvgIpc) is 2.43. The lowest BCUT2D eigenvalue weighted by Crippen LogP contribution is -2.30. The first-order valence-electron chi connectivity index (χ1n) is 6.20. The summed E-state index contributed by atoms with van der Waals surface area (Å²) >= 11 is 5.88. The number of nitrogens with one attached hydrogen (secondary N) is 1. The summed E-state index contributed by atoms with van der Waals surface area (Å²) in [5.41, 5.74) is 1.58. The molecule has 4 nitrogen and oxygen atoms in total. The van der Waals surface area contributed by atoms with Crippen molar-refractivity contribution in [2.45, 2.75) is 20.0 Å². The summed E-state index contributed by atoms with van der Waals surface area (Å²) in [4.78, 5) is 15.9. The van der Waals surface area contributed by atoms with Crippen molar-refractivity contribution in [2.75, 3.05) is 5.32 Å². The van der Waals surface area contributed by atoms with Gasteiger partial charge in [-0.1, -0.05) is 11.6 Å². The molecule has 0 saturated carbocycles. The van der Waals surface area contributed by atoms with Gasteiger partial charge in [-0.15, -0.1) is 0 Å². The fraction of sp³-hybridized carbons (Fsp3) is 0.200. The summed E-state index contributed by atoms with van der Waals surface area (Å²) in [5.74, 6) is 0.428. The van der Waals surface area contributed by atoms with Crippen LogP contribution >= 0.6 is 11.6 Å². The van der Waals surface area contributed by atoms with Gasteiger partial charge in [0.25, 0.3) is 5.91 Å². The molecule has 0 saturated heterocycles. The van der Waals surface area contributed by atoms with Crippen molar-refractivity contribution in [3.8, 4) is 5.75 Å². The lowest BCUT2D eigenvalue weighted by Gasteiger charge is -2.16. The summed E-state index contributed by atoms with van der Waals surface area (Å²) in [6.07, 6.45) is 2.62. The van der Waals surface area contributed by atoms with Crippen molar-refractivity contribution in [1.29, 1.82) is 0 Å². The highest BCUT2D eigenvalue weighted by atomic mass is 35.5. The third-order valence-electron chi connectivity index (χ3n) is 2.76. The molecule has 1 amide bonds. The van der Waals surface area contributed by atoms with Gasteiger partial charge in [-0.2, -0.15) is 0 Å². The van der Waals surface area contributed by atoms with Crippen LogP contribution < -0.4 is 10.1 Å². The molecule has 1 atom stereocenters. The van der Waals surface area contributed by atoms with E-state index in [2.05, 4.69) is 10.3 Å². The molecule has 0 aliphatic rings. The summed E-state index contributed by atoms with van der Waals surface area (Å²) < 4.78 is 5.65. The van der Waals surface area contributed by atoms with Crippen LogP contribution in [0, 0.1) is 6.92 Å². The van der Waals surface area contributed by atoms with Gasteiger partial charge in [0.15, 0.2) is 6.10 Å². The van der Waals surface area contributed by atoms with Gasteiger partial charge in [0, 0.05) is 23.1 Å². The van der Waals surface area contributed by atoms with E-state index in [0.29, 0.717) is 16.5 Å². The number of aryl methyl sites for hydroxylation is 1. The number of nitrogens with zero attached hydrogens (tertiary/aromatic N) is 1. The maximum Gasteiger partial charge on any atom is 0.265 e. The van der Waals surface area contributed by atoms with Crippen molar-refractivity contribution < 1.29 is 9.53 Å². The molecular weight excluding hydrogens is 276 g/mol. The zero-order chi connectivity index (χ0) is 14.5. The summed E-state index contributed by atoms with van der Waals surface area (Å²) in [5, 5.41) is 3.41. The Bertz CT molecular complexity index is 602. The van der Waals surface area contributed by atoms with E-state index >= 15 is 0 Å². The first-order chi connectivity index (χ1) is 9.56. The van der Waals surface area contributed by atoms with E-state index in [4.69, 9.17) is 16.3 Å². The minimum atomic E-state index is -0.608. The second-order valence-electron chi connectivity index (χ2n) is 4.40. The summed E-state index contributed by atoms with van der Waals surface area (Å²) in [6.45, 7) is 3.58. The number of rotatable bonds is 4. The minimum Gasteiger partial charge on any atom is -0.481 e. The lowest BCUT2D eigenvalue weighted by molar-refractivity contribution is -0.122. The number of amides is 1. The Morgan fingerprint density at radius 2 is 2.00 bits per heavy atom. The van der Waals surface area contributed by atoms with Gasteiger partial charge in [0.2, 0.25) is 0 Å². The zero-order valence-electron chi connectivity index (χ0n) is 11.3. The number of ether oxygens (including phenoxy) is 1. The Kier molecular flexibility index (Phi) is 4.58. The van der Waals surface area contributed by atoms with Gasteiger partial charge in [0.05, 0.1) is 0 Å². The topological polar surface area (TPSA) is 51.2 Å². The van der Waals surface area contributed by atoms with Crippen LogP contribution in [0.15, 0.2) is 42.7 Å². The first-order valence-corrected chi connectivity index (χ1v) is 6.58. The SMILES string of the molecule is Cc1cc(Cl)ccc1OC(C)C(=O)Nc1ccncc1.